The molecule has 6 nitrogen and oxygen atoms in total. The highest BCUT2D eigenvalue weighted by molar-refractivity contribution is 6.16. The summed E-state index contributed by atoms with van der Waals surface area (Å²) in [6.45, 7) is 0. The van der Waals surface area contributed by atoms with Crippen molar-refractivity contribution in [1.82, 2.24) is 4.98 Å². The summed E-state index contributed by atoms with van der Waals surface area (Å²) in [6, 6.07) is 7.52. The van der Waals surface area contributed by atoms with Gasteiger partial charge in [0.1, 0.15) is 5.69 Å². The van der Waals surface area contributed by atoms with Gasteiger partial charge in [0.25, 0.3) is 0 Å². The highest BCUT2D eigenvalue weighted by Gasteiger charge is 2.30. The molecule has 1 atom stereocenters. The number of nitriles is 1. The fourth-order valence-electron chi connectivity index (χ4n) is 1.80. The van der Waals surface area contributed by atoms with Crippen molar-refractivity contribution >= 4 is 23.1 Å². The third-order valence-corrected chi connectivity index (χ3v) is 2.94. The van der Waals surface area contributed by atoms with Crippen LogP contribution in [0.3, 0.4) is 0 Å². The van der Waals surface area contributed by atoms with Crippen molar-refractivity contribution in [3.8, 4) is 6.07 Å². The van der Waals surface area contributed by atoms with Gasteiger partial charge in [0.05, 0.1) is 17.4 Å². The Morgan fingerprint density at radius 3 is 2.65 bits per heavy atom. The van der Waals surface area contributed by atoms with Gasteiger partial charge in [-0.1, -0.05) is 6.07 Å². The summed E-state index contributed by atoms with van der Waals surface area (Å²) in [4.78, 5) is 27.9. The number of Topliss-reactive ketones (excluding diaryl/α,β-unsaturated/α-hetero) is 1. The summed E-state index contributed by atoms with van der Waals surface area (Å²) in [7, 11) is 0. The third-order valence-electron chi connectivity index (χ3n) is 2.94. The summed E-state index contributed by atoms with van der Waals surface area (Å²) in [5, 5.41) is 11.1. The minimum atomic E-state index is -1.80. The van der Waals surface area contributed by atoms with Crippen LogP contribution in [-0.2, 0) is 4.79 Å². The lowest BCUT2D eigenvalue weighted by Crippen LogP contribution is -2.30. The Morgan fingerprint density at radius 2 is 2.00 bits per heavy atom. The number of ketones is 1. The van der Waals surface area contributed by atoms with Crippen LogP contribution in [0.5, 0.6) is 0 Å². The molecule has 0 aliphatic heterocycles. The van der Waals surface area contributed by atoms with E-state index in [-0.39, 0.29) is 11.4 Å². The first-order chi connectivity index (χ1) is 11.0. The molecule has 0 aliphatic carbocycles. The summed E-state index contributed by atoms with van der Waals surface area (Å²) < 4.78 is 26.6. The van der Waals surface area contributed by atoms with E-state index in [2.05, 4.69) is 4.98 Å². The number of nitrogens with two attached hydrogens (primary N) is 1. The Morgan fingerprint density at radius 1 is 1.26 bits per heavy atom. The van der Waals surface area contributed by atoms with Gasteiger partial charge in [-0.3, -0.25) is 14.6 Å². The number of benzene rings is 1. The second-order valence-electron chi connectivity index (χ2n) is 4.46. The Bertz CT molecular complexity index is 817. The van der Waals surface area contributed by atoms with E-state index in [9.17, 15) is 18.4 Å². The van der Waals surface area contributed by atoms with Crippen LogP contribution in [0, 0.1) is 28.9 Å². The third kappa shape index (κ3) is 3.29. The normalized spacial score (nSPS) is 11.3. The molecule has 1 heterocycles. The SMILES string of the molecule is N#CC(C(=O)Nc1cccc(F)c1F)C(=O)c1ncccc1N. The number of nitrogens with zero attached hydrogens (tertiary/aromatic N) is 2. The number of anilines is 2. The molecule has 0 spiro atoms. The van der Waals surface area contributed by atoms with Gasteiger partial charge in [-0.2, -0.15) is 5.26 Å². The number of hydrogen-bond donors (Lipinski definition) is 2. The minimum absolute atomic E-state index is 0.00230. The molecule has 0 fully saturated rings. The zero-order chi connectivity index (χ0) is 17.0. The van der Waals surface area contributed by atoms with Crippen molar-refractivity contribution in [2.45, 2.75) is 0 Å². The first kappa shape index (κ1) is 16.0. The highest BCUT2D eigenvalue weighted by atomic mass is 19.2. The molecule has 0 aliphatic rings. The topological polar surface area (TPSA) is 109 Å². The number of nitrogen functional groups attached to an aromatic ring is 1. The van der Waals surface area contributed by atoms with Crippen molar-refractivity contribution in [2.75, 3.05) is 11.1 Å². The second-order valence-corrected chi connectivity index (χ2v) is 4.46. The average molecular weight is 316 g/mol. The molecule has 0 bridgehead atoms. The fraction of sp³-hybridized carbons (Fsp3) is 0.0667. The Hall–Kier alpha value is -3.34. The Balaban J connectivity index is 2.26. The van der Waals surface area contributed by atoms with Gasteiger partial charge < -0.3 is 11.1 Å². The lowest BCUT2D eigenvalue weighted by Gasteiger charge is -2.11. The van der Waals surface area contributed by atoms with Crippen LogP contribution in [-0.4, -0.2) is 16.7 Å². The van der Waals surface area contributed by atoms with E-state index in [4.69, 9.17) is 11.0 Å². The fourth-order valence-corrected chi connectivity index (χ4v) is 1.80. The van der Waals surface area contributed by atoms with Crippen molar-refractivity contribution in [1.29, 1.82) is 5.26 Å². The molecule has 0 radical (unpaired) electrons. The quantitative estimate of drug-likeness (QED) is 0.661. The van der Waals surface area contributed by atoms with Crippen LogP contribution in [0.25, 0.3) is 0 Å². The number of carbonyl (C=O) groups excluding carboxylic acids is 2. The largest absolute Gasteiger partial charge is 0.397 e. The van der Waals surface area contributed by atoms with Gasteiger partial charge in [-0.15, -0.1) is 0 Å². The van der Waals surface area contributed by atoms with Gasteiger partial charge in [-0.25, -0.2) is 8.78 Å². The Kier molecular flexibility index (Phi) is 4.61. The zero-order valence-electron chi connectivity index (χ0n) is 11.6. The lowest BCUT2D eigenvalue weighted by atomic mass is 10.0. The number of aromatic nitrogens is 1. The van der Waals surface area contributed by atoms with E-state index < -0.39 is 34.9 Å². The standard InChI is InChI=1S/C15H10F2N4O2/c16-9-3-1-5-11(12(9)17)21-15(23)8(7-18)14(22)13-10(19)4-2-6-20-13/h1-6,8H,19H2,(H,21,23). The summed E-state index contributed by atoms with van der Waals surface area (Å²) in [5.41, 5.74) is 4.86. The average Bonchev–Trinajstić information content (AvgIpc) is 2.53. The monoisotopic (exact) mass is 316 g/mol. The Labute approximate surface area is 129 Å². The molecule has 3 N–H and O–H groups in total. The van der Waals surface area contributed by atoms with E-state index in [0.717, 1.165) is 12.1 Å². The number of carbonyl (C=O) groups is 2. The van der Waals surface area contributed by atoms with Crippen molar-refractivity contribution in [3.05, 3.63) is 53.9 Å². The molecule has 0 saturated carbocycles. The molecule has 1 aromatic heterocycles. The maximum Gasteiger partial charge on any atom is 0.249 e. The number of amides is 1. The maximum absolute atomic E-state index is 13.5. The van der Waals surface area contributed by atoms with E-state index in [1.165, 1.54) is 30.5 Å². The minimum Gasteiger partial charge on any atom is -0.397 e. The summed E-state index contributed by atoms with van der Waals surface area (Å²) in [6.07, 6.45) is 1.28. The highest BCUT2D eigenvalue weighted by Crippen LogP contribution is 2.19. The molecule has 8 heteroatoms. The van der Waals surface area contributed by atoms with Gasteiger partial charge >= 0.3 is 0 Å². The van der Waals surface area contributed by atoms with Crippen LogP contribution < -0.4 is 11.1 Å². The zero-order valence-corrected chi connectivity index (χ0v) is 11.6. The van der Waals surface area contributed by atoms with Crippen molar-refractivity contribution < 1.29 is 18.4 Å². The molecular weight excluding hydrogens is 306 g/mol. The first-order valence-corrected chi connectivity index (χ1v) is 6.35. The van der Waals surface area contributed by atoms with Crippen LogP contribution in [0.4, 0.5) is 20.2 Å². The molecular formula is C15H10F2N4O2. The van der Waals surface area contributed by atoms with Crippen LogP contribution in [0.2, 0.25) is 0 Å². The van der Waals surface area contributed by atoms with Crippen molar-refractivity contribution in [2.24, 2.45) is 5.92 Å². The molecule has 1 aromatic carbocycles. The van der Waals surface area contributed by atoms with E-state index in [0.29, 0.717) is 0 Å². The number of nitrogens with one attached hydrogen (secondary N) is 1. The summed E-state index contributed by atoms with van der Waals surface area (Å²) >= 11 is 0. The first-order valence-electron chi connectivity index (χ1n) is 6.35. The number of hydrogen-bond acceptors (Lipinski definition) is 5. The van der Waals surface area contributed by atoms with Gasteiger partial charge in [0, 0.05) is 6.20 Å². The smallest absolute Gasteiger partial charge is 0.249 e. The van der Waals surface area contributed by atoms with E-state index in [1.54, 1.807) is 0 Å². The predicted octanol–water partition coefficient (Wildman–Crippen LogP) is 1.90. The maximum atomic E-state index is 13.5. The van der Waals surface area contributed by atoms with Gasteiger partial charge in [0.15, 0.2) is 17.6 Å². The molecule has 23 heavy (non-hydrogen) atoms. The molecule has 2 aromatic rings. The number of pyridine rings is 1. The van der Waals surface area contributed by atoms with Gasteiger partial charge in [-0.05, 0) is 24.3 Å². The lowest BCUT2D eigenvalue weighted by molar-refractivity contribution is -0.117. The van der Waals surface area contributed by atoms with Crippen LogP contribution >= 0.6 is 0 Å². The predicted molar refractivity (Wildman–Crippen MR) is 77.1 cm³/mol. The molecule has 0 saturated heterocycles. The number of rotatable bonds is 4. The van der Waals surface area contributed by atoms with Crippen LogP contribution in [0.15, 0.2) is 36.5 Å². The van der Waals surface area contributed by atoms with Gasteiger partial charge in [0.2, 0.25) is 11.7 Å². The second kappa shape index (κ2) is 6.62. The van der Waals surface area contributed by atoms with E-state index in [1.807, 2.05) is 5.32 Å². The molecule has 1 unspecified atom stereocenters. The van der Waals surface area contributed by atoms with Crippen LogP contribution in [0.1, 0.15) is 10.5 Å². The molecule has 1 amide bonds. The van der Waals surface area contributed by atoms with Crippen molar-refractivity contribution in [3.63, 3.8) is 0 Å². The van der Waals surface area contributed by atoms with E-state index >= 15 is 0 Å². The number of halogens is 2. The molecule has 116 valence electrons. The molecule has 2 rings (SSSR count). The summed E-state index contributed by atoms with van der Waals surface area (Å²) in [5.74, 6) is -6.29.